The maximum Gasteiger partial charge on any atom is 0.344 e. The molecule has 1 atom stereocenters. The van der Waals surface area contributed by atoms with E-state index < -0.39 is 17.7 Å². The lowest BCUT2D eigenvalue weighted by Crippen LogP contribution is -2.32. The number of hydrogen-bond acceptors (Lipinski definition) is 4. The molecule has 0 aromatic heterocycles. The quantitative estimate of drug-likeness (QED) is 0.771. The molecule has 0 radical (unpaired) electrons. The van der Waals surface area contributed by atoms with E-state index in [1.54, 1.807) is 0 Å². The molecule has 5 nitrogen and oxygen atoms in total. The second-order valence-corrected chi connectivity index (χ2v) is 6.04. The van der Waals surface area contributed by atoms with Gasteiger partial charge < -0.3 is 14.8 Å². The standard InChI is InChI=1S/C20H22FNO4/c1-13-4-5-16(10-14(13)2)15(3)22-19(23)11-26-20(24)12-25-18-8-6-17(21)7-9-18/h4-10,15H,11-12H2,1-3H3,(H,22,23)/t15-/m0/s1. The first-order valence-electron chi connectivity index (χ1n) is 8.25. The fourth-order valence-electron chi connectivity index (χ4n) is 2.26. The summed E-state index contributed by atoms with van der Waals surface area (Å²) in [5.74, 6) is -1.13. The van der Waals surface area contributed by atoms with Crippen LogP contribution in [0.3, 0.4) is 0 Å². The number of hydrogen-bond donors (Lipinski definition) is 1. The van der Waals surface area contributed by atoms with Gasteiger partial charge in [-0.05, 0) is 61.7 Å². The molecule has 0 bridgehead atoms. The number of rotatable bonds is 7. The van der Waals surface area contributed by atoms with Gasteiger partial charge in [0.15, 0.2) is 13.2 Å². The van der Waals surface area contributed by atoms with Gasteiger partial charge in [-0.25, -0.2) is 9.18 Å². The lowest BCUT2D eigenvalue weighted by atomic mass is 10.0. The summed E-state index contributed by atoms with van der Waals surface area (Å²) in [6.07, 6.45) is 0. The fourth-order valence-corrected chi connectivity index (χ4v) is 2.26. The zero-order chi connectivity index (χ0) is 19.1. The molecule has 0 spiro atoms. The molecule has 0 saturated heterocycles. The minimum atomic E-state index is -0.677. The van der Waals surface area contributed by atoms with Gasteiger partial charge in [-0.15, -0.1) is 0 Å². The van der Waals surface area contributed by atoms with Gasteiger partial charge in [0.1, 0.15) is 11.6 Å². The topological polar surface area (TPSA) is 64.6 Å². The molecular formula is C20H22FNO4. The second-order valence-electron chi connectivity index (χ2n) is 6.04. The third-order valence-electron chi connectivity index (χ3n) is 3.94. The molecule has 2 aromatic rings. The van der Waals surface area contributed by atoms with Crippen molar-refractivity contribution in [1.29, 1.82) is 0 Å². The first-order valence-corrected chi connectivity index (χ1v) is 8.25. The number of aryl methyl sites for hydroxylation is 2. The first kappa shape index (κ1) is 19.4. The lowest BCUT2D eigenvalue weighted by Gasteiger charge is -2.16. The summed E-state index contributed by atoms with van der Waals surface area (Å²) in [6, 6.07) is 11.0. The monoisotopic (exact) mass is 359 g/mol. The lowest BCUT2D eigenvalue weighted by molar-refractivity contribution is -0.150. The normalized spacial score (nSPS) is 11.5. The molecule has 0 saturated carbocycles. The molecule has 26 heavy (non-hydrogen) atoms. The van der Waals surface area contributed by atoms with E-state index in [2.05, 4.69) is 5.32 Å². The molecule has 0 heterocycles. The van der Waals surface area contributed by atoms with E-state index in [1.165, 1.54) is 29.8 Å². The van der Waals surface area contributed by atoms with E-state index in [1.807, 2.05) is 39.0 Å². The maximum absolute atomic E-state index is 12.8. The molecule has 6 heteroatoms. The summed E-state index contributed by atoms with van der Waals surface area (Å²) in [4.78, 5) is 23.5. The van der Waals surface area contributed by atoms with Crippen LogP contribution in [0.2, 0.25) is 0 Å². The number of carbonyl (C=O) groups excluding carboxylic acids is 2. The van der Waals surface area contributed by atoms with Gasteiger partial charge in [0.05, 0.1) is 6.04 Å². The van der Waals surface area contributed by atoms with Crippen LogP contribution in [0.15, 0.2) is 42.5 Å². The molecule has 2 rings (SSSR count). The predicted molar refractivity (Wildman–Crippen MR) is 95.3 cm³/mol. The fraction of sp³-hybridized carbons (Fsp3) is 0.300. The number of carbonyl (C=O) groups is 2. The van der Waals surface area contributed by atoms with Gasteiger partial charge in [0, 0.05) is 0 Å². The third kappa shape index (κ3) is 5.88. The number of nitrogens with one attached hydrogen (secondary N) is 1. The molecule has 138 valence electrons. The minimum Gasteiger partial charge on any atom is -0.482 e. The number of esters is 1. The van der Waals surface area contributed by atoms with Crippen LogP contribution in [-0.2, 0) is 14.3 Å². The Hall–Kier alpha value is -2.89. The summed E-state index contributed by atoms with van der Waals surface area (Å²) in [5, 5.41) is 2.78. The first-order chi connectivity index (χ1) is 12.3. The molecule has 1 N–H and O–H groups in total. The molecular weight excluding hydrogens is 337 g/mol. The van der Waals surface area contributed by atoms with E-state index in [4.69, 9.17) is 9.47 Å². The van der Waals surface area contributed by atoms with Crippen molar-refractivity contribution in [2.75, 3.05) is 13.2 Å². The summed E-state index contributed by atoms with van der Waals surface area (Å²) >= 11 is 0. The Morgan fingerprint density at radius 2 is 1.73 bits per heavy atom. The number of amides is 1. The van der Waals surface area contributed by atoms with Crippen molar-refractivity contribution in [3.8, 4) is 5.75 Å². The zero-order valence-electron chi connectivity index (χ0n) is 15.0. The minimum absolute atomic E-state index is 0.198. The Kier molecular flexibility index (Phi) is 6.72. The Morgan fingerprint density at radius 3 is 2.38 bits per heavy atom. The third-order valence-corrected chi connectivity index (χ3v) is 3.94. The van der Waals surface area contributed by atoms with Gasteiger partial charge in [0.25, 0.3) is 5.91 Å². The van der Waals surface area contributed by atoms with E-state index >= 15 is 0 Å². The highest BCUT2D eigenvalue weighted by Gasteiger charge is 2.13. The number of benzene rings is 2. The summed E-state index contributed by atoms with van der Waals surface area (Å²) in [5.41, 5.74) is 3.31. The SMILES string of the molecule is Cc1ccc([C@H](C)NC(=O)COC(=O)COc2ccc(F)cc2)cc1C. The molecule has 0 aliphatic rings. The molecule has 0 fully saturated rings. The van der Waals surface area contributed by atoms with Crippen LogP contribution in [-0.4, -0.2) is 25.1 Å². The number of ether oxygens (including phenoxy) is 2. The van der Waals surface area contributed by atoms with E-state index in [0.717, 1.165) is 11.1 Å². The van der Waals surface area contributed by atoms with Crippen LogP contribution in [0, 0.1) is 19.7 Å². The maximum atomic E-state index is 12.8. The highest BCUT2D eigenvalue weighted by molar-refractivity contribution is 5.81. The van der Waals surface area contributed by atoms with Gasteiger partial charge in [-0.3, -0.25) is 4.79 Å². The van der Waals surface area contributed by atoms with Gasteiger partial charge in [-0.2, -0.15) is 0 Å². The van der Waals surface area contributed by atoms with Crippen molar-refractivity contribution in [1.82, 2.24) is 5.32 Å². The van der Waals surface area contributed by atoms with Crippen molar-refractivity contribution >= 4 is 11.9 Å². The molecule has 2 aromatic carbocycles. The molecule has 0 aliphatic carbocycles. The van der Waals surface area contributed by atoms with Crippen LogP contribution in [0.5, 0.6) is 5.75 Å². The highest BCUT2D eigenvalue weighted by Crippen LogP contribution is 2.16. The largest absolute Gasteiger partial charge is 0.482 e. The molecule has 0 unspecified atom stereocenters. The van der Waals surface area contributed by atoms with Gasteiger partial charge in [-0.1, -0.05) is 18.2 Å². The highest BCUT2D eigenvalue weighted by atomic mass is 19.1. The Balaban J connectivity index is 1.74. The summed E-state index contributed by atoms with van der Waals surface area (Å²) < 4.78 is 22.8. The van der Waals surface area contributed by atoms with E-state index in [0.29, 0.717) is 5.75 Å². The van der Waals surface area contributed by atoms with Crippen LogP contribution >= 0.6 is 0 Å². The van der Waals surface area contributed by atoms with E-state index in [9.17, 15) is 14.0 Å². The second kappa shape index (κ2) is 8.99. The van der Waals surface area contributed by atoms with E-state index in [-0.39, 0.29) is 19.3 Å². The average molecular weight is 359 g/mol. The molecule has 1 amide bonds. The van der Waals surface area contributed by atoms with Crippen LogP contribution in [0.25, 0.3) is 0 Å². The van der Waals surface area contributed by atoms with Crippen LogP contribution < -0.4 is 10.1 Å². The van der Waals surface area contributed by atoms with Gasteiger partial charge >= 0.3 is 5.97 Å². The molecule has 0 aliphatic heterocycles. The van der Waals surface area contributed by atoms with Crippen molar-refractivity contribution in [3.63, 3.8) is 0 Å². The smallest absolute Gasteiger partial charge is 0.344 e. The van der Waals surface area contributed by atoms with Crippen molar-refractivity contribution in [3.05, 3.63) is 65.0 Å². The average Bonchev–Trinajstić information content (AvgIpc) is 2.61. The Bertz CT molecular complexity index is 774. The summed E-state index contributed by atoms with van der Waals surface area (Å²) in [7, 11) is 0. The predicted octanol–water partition coefficient (Wildman–Crippen LogP) is 3.24. The van der Waals surface area contributed by atoms with Crippen LogP contribution in [0.1, 0.15) is 29.7 Å². The van der Waals surface area contributed by atoms with Crippen molar-refractivity contribution in [2.45, 2.75) is 26.8 Å². The van der Waals surface area contributed by atoms with Crippen molar-refractivity contribution in [2.24, 2.45) is 0 Å². The zero-order valence-corrected chi connectivity index (χ0v) is 15.0. The number of halogens is 1. The Labute approximate surface area is 152 Å². The summed E-state index contributed by atoms with van der Waals surface area (Å²) in [6.45, 7) is 5.15. The van der Waals surface area contributed by atoms with Crippen molar-refractivity contribution < 1.29 is 23.5 Å². The van der Waals surface area contributed by atoms with Crippen LogP contribution in [0.4, 0.5) is 4.39 Å². The van der Waals surface area contributed by atoms with Gasteiger partial charge in [0.2, 0.25) is 0 Å². The Morgan fingerprint density at radius 1 is 1.04 bits per heavy atom.